The molecule has 98 valence electrons. The zero-order valence-corrected chi connectivity index (χ0v) is 12.3. The summed E-state index contributed by atoms with van der Waals surface area (Å²) in [6.45, 7) is 0. The number of rotatable bonds is 3. The van der Waals surface area contributed by atoms with Crippen LogP contribution < -0.4 is 10.1 Å². The fourth-order valence-electron chi connectivity index (χ4n) is 1.49. The van der Waals surface area contributed by atoms with Crippen LogP contribution in [0.1, 0.15) is 10.4 Å². The number of anilines is 1. The molecule has 1 aromatic heterocycles. The molecule has 0 spiro atoms. The monoisotopic (exact) mass is 340 g/mol. The number of ether oxygens (including phenoxy) is 1. The summed E-state index contributed by atoms with van der Waals surface area (Å²) in [5.41, 5.74) is 0.425. The number of hydrogen-bond donors (Lipinski definition) is 1. The number of nitrogens with zero attached hydrogens (tertiary/aromatic N) is 1. The van der Waals surface area contributed by atoms with Crippen molar-refractivity contribution >= 4 is 39.3 Å². The fraction of sp³-hybridized carbons (Fsp3) is 0.0769. The third-order valence-electron chi connectivity index (χ3n) is 2.38. The van der Waals surface area contributed by atoms with Gasteiger partial charge in [0.25, 0.3) is 5.91 Å². The summed E-state index contributed by atoms with van der Waals surface area (Å²) in [6.07, 6.45) is 1.47. The molecule has 19 heavy (non-hydrogen) atoms. The molecule has 0 unspecified atom stereocenters. The SMILES string of the molecule is COc1ccc(Br)cc1C(=O)Nc1ccc(Cl)cn1. The summed E-state index contributed by atoms with van der Waals surface area (Å²) < 4.78 is 5.95. The average molecular weight is 342 g/mol. The lowest BCUT2D eigenvalue weighted by Gasteiger charge is -2.09. The van der Waals surface area contributed by atoms with Crippen molar-refractivity contribution < 1.29 is 9.53 Å². The normalized spacial score (nSPS) is 10.1. The molecule has 0 atom stereocenters. The van der Waals surface area contributed by atoms with Crippen molar-refractivity contribution in [3.8, 4) is 5.75 Å². The molecule has 2 aromatic rings. The van der Waals surface area contributed by atoms with E-state index in [1.165, 1.54) is 13.3 Å². The van der Waals surface area contributed by atoms with Gasteiger partial charge in [-0.2, -0.15) is 0 Å². The largest absolute Gasteiger partial charge is 0.496 e. The second kappa shape index (κ2) is 6.04. The van der Waals surface area contributed by atoms with Crippen LogP contribution in [-0.2, 0) is 0 Å². The number of aromatic nitrogens is 1. The first kappa shape index (κ1) is 13.8. The summed E-state index contributed by atoms with van der Waals surface area (Å²) in [4.78, 5) is 16.2. The van der Waals surface area contributed by atoms with E-state index in [9.17, 15) is 4.79 Å². The highest BCUT2D eigenvalue weighted by Gasteiger charge is 2.13. The molecule has 0 bridgehead atoms. The Hall–Kier alpha value is -1.59. The summed E-state index contributed by atoms with van der Waals surface area (Å²) in [7, 11) is 1.51. The van der Waals surface area contributed by atoms with Crippen LogP contribution in [0, 0.1) is 0 Å². The number of benzene rings is 1. The van der Waals surface area contributed by atoms with Gasteiger partial charge in [-0.05, 0) is 30.3 Å². The summed E-state index contributed by atoms with van der Waals surface area (Å²) in [5.74, 6) is 0.624. The van der Waals surface area contributed by atoms with E-state index in [2.05, 4.69) is 26.2 Å². The van der Waals surface area contributed by atoms with E-state index in [-0.39, 0.29) is 5.91 Å². The van der Waals surface area contributed by atoms with E-state index in [4.69, 9.17) is 16.3 Å². The van der Waals surface area contributed by atoms with Gasteiger partial charge in [-0.1, -0.05) is 27.5 Å². The number of hydrogen-bond acceptors (Lipinski definition) is 3. The molecule has 0 saturated carbocycles. The topological polar surface area (TPSA) is 51.2 Å². The molecule has 0 aliphatic rings. The Labute approximate surface area is 123 Å². The zero-order chi connectivity index (χ0) is 13.8. The zero-order valence-electron chi connectivity index (χ0n) is 9.98. The molecule has 0 aliphatic heterocycles. The molecule has 1 N–H and O–H groups in total. The van der Waals surface area contributed by atoms with Crippen molar-refractivity contribution in [1.82, 2.24) is 4.98 Å². The lowest BCUT2D eigenvalue weighted by Crippen LogP contribution is -2.14. The molecule has 1 amide bonds. The molecule has 0 saturated heterocycles. The van der Waals surface area contributed by atoms with Gasteiger partial charge in [0.15, 0.2) is 0 Å². The maximum absolute atomic E-state index is 12.1. The van der Waals surface area contributed by atoms with E-state index in [0.29, 0.717) is 22.2 Å². The maximum Gasteiger partial charge on any atom is 0.260 e. The van der Waals surface area contributed by atoms with Crippen LogP contribution in [0.2, 0.25) is 5.02 Å². The van der Waals surface area contributed by atoms with Gasteiger partial charge >= 0.3 is 0 Å². The van der Waals surface area contributed by atoms with Crippen LogP contribution in [0.5, 0.6) is 5.75 Å². The predicted molar refractivity (Wildman–Crippen MR) is 77.9 cm³/mol. The second-order valence-electron chi connectivity index (χ2n) is 3.66. The van der Waals surface area contributed by atoms with E-state index >= 15 is 0 Å². The van der Waals surface area contributed by atoms with Gasteiger partial charge < -0.3 is 10.1 Å². The van der Waals surface area contributed by atoms with E-state index in [1.54, 1.807) is 30.3 Å². The van der Waals surface area contributed by atoms with Crippen LogP contribution in [0.25, 0.3) is 0 Å². The number of pyridine rings is 1. The smallest absolute Gasteiger partial charge is 0.260 e. The molecule has 1 heterocycles. The van der Waals surface area contributed by atoms with Gasteiger partial charge in [0, 0.05) is 10.7 Å². The number of amides is 1. The van der Waals surface area contributed by atoms with E-state index < -0.39 is 0 Å². The van der Waals surface area contributed by atoms with E-state index in [0.717, 1.165) is 4.47 Å². The van der Waals surface area contributed by atoms with Crippen molar-refractivity contribution in [2.24, 2.45) is 0 Å². The summed E-state index contributed by atoms with van der Waals surface area (Å²) in [5, 5.41) is 3.19. The first-order chi connectivity index (χ1) is 9.10. The minimum absolute atomic E-state index is 0.298. The molecule has 2 rings (SSSR count). The minimum atomic E-state index is -0.298. The fourth-order valence-corrected chi connectivity index (χ4v) is 1.96. The second-order valence-corrected chi connectivity index (χ2v) is 5.01. The molecule has 6 heteroatoms. The molecule has 0 aliphatic carbocycles. The highest BCUT2D eigenvalue weighted by Crippen LogP contribution is 2.23. The third kappa shape index (κ3) is 3.45. The number of carbonyl (C=O) groups excluding carboxylic acids is 1. The molecule has 0 fully saturated rings. The Balaban J connectivity index is 2.24. The van der Waals surface area contributed by atoms with Crippen LogP contribution in [0.15, 0.2) is 41.0 Å². The van der Waals surface area contributed by atoms with Crippen LogP contribution in [0.4, 0.5) is 5.82 Å². The number of halogens is 2. The average Bonchev–Trinajstić information content (AvgIpc) is 2.41. The van der Waals surface area contributed by atoms with Crippen molar-refractivity contribution in [1.29, 1.82) is 0 Å². The summed E-state index contributed by atoms with van der Waals surface area (Å²) >= 11 is 9.05. The quantitative estimate of drug-likeness (QED) is 0.925. The first-order valence-corrected chi connectivity index (χ1v) is 6.53. The van der Waals surface area contributed by atoms with Crippen molar-refractivity contribution in [3.05, 3.63) is 51.6 Å². The van der Waals surface area contributed by atoms with Gasteiger partial charge in [-0.3, -0.25) is 4.79 Å². The van der Waals surface area contributed by atoms with Crippen LogP contribution in [-0.4, -0.2) is 18.0 Å². The molecular weight excluding hydrogens is 332 g/mol. The standard InChI is InChI=1S/C13H10BrClN2O2/c1-19-11-4-2-8(14)6-10(11)13(18)17-12-5-3-9(15)7-16-12/h2-7H,1H3,(H,16,17,18). The lowest BCUT2D eigenvalue weighted by molar-refractivity contribution is 0.102. The van der Waals surface area contributed by atoms with Crippen molar-refractivity contribution in [3.63, 3.8) is 0 Å². The van der Waals surface area contributed by atoms with Gasteiger partial charge in [0.2, 0.25) is 0 Å². The van der Waals surface area contributed by atoms with Crippen molar-refractivity contribution in [2.75, 3.05) is 12.4 Å². The Morgan fingerprint density at radius 2 is 2.16 bits per heavy atom. The minimum Gasteiger partial charge on any atom is -0.496 e. The number of nitrogens with one attached hydrogen (secondary N) is 1. The Bertz CT molecular complexity index is 602. The Morgan fingerprint density at radius 3 is 2.79 bits per heavy atom. The van der Waals surface area contributed by atoms with Crippen LogP contribution >= 0.6 is 27.5 Å². The molecular formula is C13H10BrClN2O2. The van der Waals surface area contributed by atoms with Crippen LogP contribution in [0.3, 0.4) is 0 Å². The highest BCUT2D eigenvalue weighted by molar-refractivity contribution is 9.10. The molecule has 1 aromatic carbocycles. The van der Waals surface area contributed by atoms with Gasteiger partial charge in [0.1, 0.15) is 11.6 Å². The molecule has 4 nitrogen and oxygen atoms in total. The molecule has 0 radical (unpaired) electrons. The lowest BCUT2D eigenvalue weighted by atomic mass is 10.2. The van der Waals surface area contributed by atoms with E-state index in [1.807, 2.05) is 0 Å². The summed E-state index contributed by atoms with van der Waals surface area (Å²) in [6, 6.07) is 8.49. The Morgan fingerprint density at radius 1 is 1.37 bits per heavy atom. The predicted octanol–water partition coefficient (Wildman–Crippen LogP) is 3.76. The highest BCUT2D eigenvalue weighted by atomic mass is 79.9. The van der Waals surface area contributed by atoms with Gasteiger partial charge in [-0.15, -0.1) is 0 Å². The van der Waals surface area contributed by atoms with Crippen molar-refractivity contribution in [2.45, 2.75) is 0 Å². The maximum atomic E-state index is 12.1. The van der Waals surface area contributed by atoms with Gasteiger partial charge in [0.05, 0.1) is 17.7 Å². The Kier molecular flexibility index (Phi) is 4.39. The van der Waals surface area contributed by atoms with Gasteiger partial charge in [-0.25, -0.2) is 4.98 Å². The third-order valence-corrected chi connectivity index (χ3v) is 3.09. The first-order valence-electron chi connectivity index (χ1n) is 5.36. The number of carbonyl (C=O) groups is 1. The number of methoxy groups -OCH3 is 1.